The Kier molecular flexibility index (Phi) is 5.42. The summed E-state index contributed by atoms with van der Waals surface area (Å²) in [6.07, 6.45) is 0.741. The summed E-state index contributed by atoms with van der Waals surface area (Å²) in [6, 6.07) is 3.34. The van der Waals surface area contributed by atoms with Crippen molar-refractivity contribution in [1.29, 1.82) is 0 Å². The molecule has 0 atom stereocenters. The number of likely N-dealkylation sites (N-methyl/N-ethyl adjacent to an activating group) is 1. The fraction of sp³-hybridized carbons (Fsp3) is 0.462. The number of non-ortho nitro benzene ring substituents is 1. The summed E-state index contributed by atoms with van der Waals surface area (Å²) in [6.45, 7) is 2.49. The SMILES string of the molecule is CCCN(CC(=O)N(C)C)c1cc(F)cc([N+](=O)[O-])c1. The number of rotatable bonds is 6. The molecule has 1 aromatic rings. The van der Waals surface area contributed by atoms with Crippen LogP contribution in [0.1, 0.15) is 13.3 Å². The van der Waals surface area contributed by atoms with E-state index >= 15 is 0 Å². The van der Waals surface area contributed by atoms with Gasteiger partial charge in [0.15, 0.2) is 0 Å². The first-order valence-corrected chi connectivity index (χ1v) is 6.25. The Balaban J connectivity index is 3.07. The molecule has 0 heterocycles. The minimum atomic E-state index is -0.687. The van der Waals surface area contributed by atoms with Crippen molar-refractivity contribution in [3.8, 4) is 0 Å². The molecular weight excluding hydrogens is 265 g/mol. The second kappa shape index (κ2) is 6.83. The van der Waals surface area contributed by atoms with Crippen LogP contribution in [0.15, 0.2) is 18.2 Å². The fourth-order valence-electron chi connectivity index (χ4n) is 1.72. The average Bonchev–Trinajstić information content (AvgIpc) is 2.37. The van der Waals surface area contributed by atoms with Crippen LogP contribution in [0.5, 0.6) is 0 Å². The Hall–Kier alpha value is -2.18. The number of nitrogens with zero attached hydrogens (tertiary/aromatic N) is 3. The number of anilines is 1. The summed E-state index contributed by atoms with van der Waals surface area (Å²) in [5.41, 5.74) is 0.0205. The monoisotopic (exact) mass is 283 g/mol. The van der Waals surface area contributed by atoms with Crippen LogP contribution >= 0.6 is 0 Å². The van der Waals surface area contributed by atoms with E-state index in [0.29, 0.717) is 12.2 Å². The molecule has 0 radical (unpaired) electrons. The third-order valence-corrected chi connectivity index (χ3v) is 2.76. The summed E-state index contributed by atoms with van der Waals surface area (Å²) in [5, 5.41) is 10.8. The van der Waals surface area contributed by atoms with Crippen LogP contribution in [0.4, 0.5) is 15.8 Å². The summed E-state index contributed by atoms with van der Waals surface area (Å²) < 4.78 is 13.5. The molecule has 0 fully saturated rings. The van der Waals surface area contributed by atoms with E-state index in [-0.39, 0.29) is 18.1 Å². The molecule has 20 heavy (non-hydrogen) atoms. The van der Waals surface area contributed by atoms with E-state index in [9.17, 15) is 19.3 Å². The van der Waals surface area contributed by atoms with Crippen molar-refractivity contribution in [1.82, 2.24) is 4.90 Å². The zero-order valence-corrected chi connectivity index (χ0v) is 11.8. The lowest BCUT2D eigenvalue weighted by Crippen LogP contribution is -2.37. The molecule has 0 N–H and O–H groups in total. The number of hydrogen-bond donors (Lipinski definition) is 0. The summed E-state index contributed by atoms with van der Waals surface area (Å²) in [5.74, 6) is -0.835. The van der Waals surface area contributed by atoms with Crippen LogP contribution in [0.25, 0.3) is 0 Å². The molecule has 0 aliphatic heterocycles. The van der Waals surface area contributed by atoms with E-state index in [2.05, 4.69) is 0 Å². The maximum Gasteiger partial charge on any atom is 0.274 e. The molecule has 1 rings (SSSR count). The smallest absolute Gasteiger partial charge is 0.274 e. The molecule has 7 heteroatoms. The lowest BCUT2D eigenvalue weighted by Gasteiger charge is -2.25. The minimum Gasteiger partial charge on any atom is -0.362 e. The van der Waals surface area contributed by atoms with Crippen LogP contribution in [0, 0.1) is 15.9 Å². The third kappa shape index (κ3) is 4.18. The van der Waals surface area contributed by atoms with Gasteiger partial charge in [0, 0.05) is 32.4 Å². The number of benzene rings is 1. The van der Waals surface area contributed by atoms with Crippen molar-refractivity contribution >= 4 is 17.3 Å². The Bertz CT molecular complexity index is 506. The molecule has 0 saturated heterocycles. The van der Waals surface area contributed by atoms with Crippen molar-refractivity contribution < 1.29 is 14.1 Å². The quantitative estimate of drug-likeness (QED) is 0.592. The summed E-state index contributed by atoms with van der Waals surface area (Å²) in [7, 11) is 3.25. The van der Waals surface area contributed by atoms with Crippen molar-refractivity contribution in [3.63, 3.8) is 0 Å². The molecule has 0 spiro atoms. The predicted octanol–water partition coefficient (Wildman–Crippen LogP) is 2.04. The lowest BCUT2D eigenvalue weighted by molar-refractivity contribution is -0.385. The predicted molar refractivity (Wildman–Crippen MR) is 74.3 cm³/mol. The number of amides is 1. The maximum absolute atomic E-state index is 13.5. The molecule has 0 saturated carbocycles. The Labute approximate surface area is 116 Å². The van der Waals surface area contributed by atoms with Gasteiger partial charge >= 0.3 is 0 Å². The lowest BCUT2D eigenvalue weighted by atomic mass is 10.2. The number of halogens is 1. The molecule has 0 unspecified atom stereocenters. The minimum absolute atomic E-state index is 0.0570. The standard InChI is InChI=1S/C13H18FN3O3/c1-4-5-16(9-13(18)15(2)3)11-6-10(14)7-12(8-11)17(19)20/h6-8H,4-5,9H2,1-3H3. The topological polar surface area (TPSA) is 66.7 Å². The van der Waals surface area contributed by atoms with Gasteiger partial charge in [-0.15, -0.1) is 0 Å². The van der Waals surface area contributed by atoms with Gasteiger partial charge in [0.1, 0.15) is 5.82 Å². The van der Waals surface area contributed by atoms with E-state index in [4.69, 9.17) is 0 Å². The van der Waals surface area contributed by atoms with Gasteiger partial charge in [-0.3, -0.25) is 14.9 Å². The molecule has 0 aromatic heterocycles. The Morgan fingerprint density at radius 3 is 2.50 bits per heavy atom. The first-order chi connectivity index (χ1) is 9.35. The Morgan fingerprint density at radius 2 is 2.00 bits per heavy atom. The van der Waals surface area contributed by atoms with Gasteiger partial charge in [-0.05, 0) is 12.5 Å². The third-order valence-electron chi connectivity index (χ3n) is 2.76. The highest BCUT2D eigenvalue weighted by atomic mass is 19.1. The number of carbonyl (C=O) groups excluding carboxylic acids is 1. The zero-order valence-electron chi connectivity index (χ0n) is 11.8. The van der Waals surface area contributed by atoms with E-state index in [1.165, 1.54) is 17.0 Å². The van der Waals surface area contributed by atoms with E-state index in [1.54, 1.807) is 19.0 Å². The van der Waals surface area contributed by atoms with Crippen LogP contribution in [-0.4, -0.2) is 42.9 Å². The van der Waals surface area contributed by atoms with Crippen LogP contribution in [0.2, 0.25) is 0 Å². The number of nitro benzene ring substituents is 1. The largest absolute Gasteiger partial charge is 0.362 e. The molecule has 0 aliphatic carbocycles. The first-order valence-electron chi connectivity index (χ1n) is 6.25. The highest BCUT2D eigenvalue weighted by Crippen LogP contribution is 2.23. The maximum atomic E-state index is 13.5. The second-order valence-corrected chi connectivity index (χ2v) is 4.63. The van der Waals surface area contributed by atoms with Gasteiger partial charge in [-0.25, -0.2) is 4.39 Å². The molecule has 110 valence electrons. The van der Waals surface area contributed by atoms with Crippen LogP contribution < -0.4 is 4.90 Å². The molecule has 1 aromatic carbocycles. The van der Waals surface area contributed by atoms with Crippen molar-refractivity contribution in [2.45, 2.75) is 13.3 Å². The van der Waals surface area contributed by atoms with Crippen LogP contribution in [0.3, 0.4) is 0 Å². The van der Waals surface area contributed by atoms with Crippen molar-refractivity contribution in [2.24, 2.45) is 0 Å². The molecule has 1 amide bonds. The second-order valence-electron chi connectivity index (χ2n) is 4.63. The van der Waals surface area contributed by atoms with Crippen LogP contribution in [-0.2, 0) is 4.79 Å². The Morgan fingerprint density at radius 1 is 1.35 bits per heavy atom. The molecule has 0 bridgehead atoms. The highest BCUT2D eigenvalue weighted by molar-refractivity contribution is 5.81. The van der Waals surface area contributed by atoms with E-state index in [1.807, 2.05) is 6.92 Å². The van der Waals surface area contributed by atoms with Crippen molar-refractivity contribution in [2.75, 3.05) is 32.1 Å². The first kappa shape index (κ1) is 15.9. The zero-order chi connectivity index (χ0) is 15.3. The van der Waals surface area contributed by atoms with E-state index in [0.717, 1.165) is 12.5 Å². The normalized spacial score (nSPS) is 10.2. The fourth-order valence-corrected chi connectivity index (χ4v) is 1.72. The molecule has 0 aliphatic rings. The summed E-state index contributed by atoms with van der Waals surface area (Å²) in [4.78, 5) is 24.9. The molecule has 6 nitrogen and oxygen atoms in total. The number of hydrogen-bond acceptors (Lipinski definition) is 4. The van der Waals surface area contributed by atoms with Gasteiger partial charge in [-0.2, -0.15) is 0 Å². The average molecular weight is 283 g/mol. The van der Waals surface area contributed by atoms with Gasteiger partial charge < -0.3 is 9.80 Å². The van der Waals surface area contributed by atoms with Gasteiger partial charge in [0.05, 0.1) is 17.5 Å². The number of carbonyl (C=O) groups is 1. The number of nitro groups is 1. The van der Waals surface area contributed by atoms with Gasteiger partial charge in [0.25, 0.3) is 5.69 Å². The van der Waals surface area contributed by atoms with Crippen molar-refractivity contribution in [3.05, 3.63) is 34.1 Å². The van der Waals surface area contributed by atoms with Gasteiger partial charge in [-0.1, -0.05) is 6.92 Å². The van der Waals surface area contributed by atoms with Gasteiger partial charge in [0.2, 0.25) is 5.91 Å². The highest BCUT2D eigenvalue weighted by Gasteiger charge is 2.17. The van der Waals surface area contributed by atoms with E-state index < -0.39 is 10.7 Å². The summed E-state index contributed by atoms with van der Waals surface area (Å²) >= 11 is 0. The molecular formula is C13H18FN3O3.